The third-order valence-corrected chi connectivity index (χ3v) is 5.54. The molecule has 6 nitrogen and oxygen atoms in total. The Morgan fingerprint density at radius 3 is 2.64 bits per heavy atom. The van der Waals surface area contributed by atoms with E-state index in [1.807, 2.05) is 44.2 Å². The van der Waals surface area contributed by atoms with Gasteiger partial charge in [-0.05, 0) is 60.9 Å². The van der Waals surface area contributed by atoms with Gasteiger partial charge >= 0.3 is 0 Å². The lowest BCUT2D eigenvalue weighted by atomic mass is 10.0. The van der Waals surface area contributed by atoms with Gasteiger partial charge in [-0.15, -0.1) is 0 Å². The molecule has 2 N–H and O–H groups in total. The molecule has 33 heavy (non-hydrogen) atoms. The molecule has 0 aliphatic rings. The zero-order valence-electron chi connectivity index (χ0n) is 18.2. The summed E-state index contributed by atoms with van der Waals surface area (Å²) in [5.41, 5.74) is 8.11. The lowest BCUT2D eigenvalue weighted by molar-refractivity contribution is 0.628. The van der Waals surface area contributed by atoms with Crippen LogP contribution in [0.3, 0.4) is 0 Å². The van der Waals surface area contributed by atoms with Crippen LogP contribution in [0.4, 0.5) is 4.39 Å². The Balaban J connectivity index is 1.64. The van der Waals surface area contributed by atoms with Gasteiger partial charge in [-0.3, -0.25) is 5.10 Å². The summed E-state index contributed by atoms with van der Waals surface area (Å²) >= 11 is 0. The molecule has 0 aliphatic heterocycles. The molecule has 0 aliphatic carbocycles. The van der Waals surface area contributed by atoms with E-state index >= 15 is 0 Å². The number of fused-ring (bicyclic) bond motifs is 2. The molecule has 5 rings (SSSR count). The number of benzene rings is 1. The number of pyridine rings is 2. The number of aromatic nitrogens is 6. The predicted molar refractivity (Wildman–Crippen MR) is 130 cm³/mol. The second-order valence-corrected chi connectivity index (χ2v) is 7.60. The Morgan fingerprint density at radius 2 is 1.88 bits per heavy atom. The van der Waals surface area contributed by atoms with Crippen molar-refractivity contribution in [3.8, 4) is 22.6 Å². The monoisotopic (exact) mass is 436 g/mol. The first-order chi connectivity index (χ1) is 16.1. The van der Waals surface area contributed by atoms with Crippen molar-refractivity contribution in [1.82, 2.24) is 30.1 Å². The summed E-state index contributed by atoms with van der Waals surface area (Å²) in [4.78, 5) is 17.3. The SMILES string of the molecule is C=C/C=C(C)\C(=C/C)c1ccc2[nH]nc(-c3nc4nccc(-c5ccc(F)cc5)c4[nH]3)c2n1. The molecular weight excluding hydrogens is 415 g/mol. The average molecular weight is 436 g/mol. The van der Waals surface area contributed by atoms with Gasteiger partial charge in [0.25, 0.3) is 0 Å². The van der Waals surface area contributed by atoms with Crippen molar-refractivity contribution in [2.45, 2.75) is 13.8 Å². The normalized spacial score (nSPS) is 12.6. The highest BCUT2D eigenvalue weighted by atomic mass is 19.1. The molecule has 0 saturated heterocycles. The summed E-state index contributed by atoms with van der Waals surface area (Å²) in [6, 6.07) is 12.2. The average Bonchev–Trinajstić information content (AvgIpc) is 3.44. The Labute approximate surface area is 189 Å². The number of hydrogen-bond donors (Lipinski definition) is 2. The van der Waals surface area contributed by atoms with Crippen LogP contribution < -0.4 is 0 Å². The van der Waals surface area contributed by atoms with Crippen molar-refractivity contribution in [3.05, 3.63) is 90.6 Å². The molecule has 0 bridgehead atoms. The van der Waals surface area contributed by atoms with E-state index in [1.165, 1.54) is 12.1 Å². The predicted octanol–water partition coefficient (Wildman–Crippen LogP) is 6.24. The molecule has 162 valence electrons. The summed E-state index contributed by atoms with van der Waals surface area (Å²) in [6.07, 6.45) is 7.45. The van der Waals surface area contributed by atoms with Gasteiger partial charge in [0.1, 0.15) is 11.3 Å². The van der Waals surface area contributed by atoms with Crippen molar-refractivity contribution in [1.29, 1.82) is 0 Å². The Kier molecular flexibility index (Phi) is 5.14. The van der Waals surface area contributed by atoms with E-state index < -0.39 is 0 Å². The van der Waals surface area contributed by atoms with Crippen LogP contribution in [0.25, 0.3) is 50.4 Å². The number of nitrogens with zero attached hydrogens (tertiary/aromatic N) is 4. The van der Waals surface area contributed by atoms with Crippen LogP contribution >= 0.6 is 0 Å². The van der Waals surface area contributed by atoms with E-state index in [0.717, 1.165) is 39.0 Å². The lowest BCUT2D eigenvalue weighted by Crippen LogP contribution is -1.92. The van der Waals surface area contributed by atoms with Crippen LogP contribution in [0.15, 0.2) is 79.0 Å². The molecule has 0 saturated carbocycles. The largest absolute Gasteiger partial charge is 0.335 e. The van der Waals surface area contributed by atoms with Gasteiger partial charge in [0.2, 0.25) is 0 Å². The van der Waals surface area contributed by atoms with Crippen LogP contribution in [0, 0.1) is 5.82 Å². The topological polar surface area (TPSA) is 83.1 Å². The third kappa shape index (κ3) is 3.63. The first-order valence-electron chi connectivity index (χ1n) is 10.5. The first-order valence-corrected chi connectivity index (χ1v) is 10.5. The van der Waals surface area contributed by atoms with Crippen LogP contribution in [0.1, 0.15) is 19.5 Å². The number of H-pyrrole nitrogens is 2. The van der Waals surface area contributed by atoms with Gasteiger partial charge in [0.15, 0.2) is 17.2 Å². The molecule has 0 radical (unpaired) electrons. The highest BCUT2D eigenvalue weighted by molar-refractivity contribution is 5.95. The summed E-state index contributed by atoms with van der Waals surface area (Å²) in [5, 5.41) is 7.51. The molecule has 0 atom stereocenters. The number of rotatable bonds is 5. The quantitative estimate of drug-likeness (QED) is 0.320. The highest BCUT2D eigenvalue weighted by Gasteiger charge is 2.17. The number of aromatic amines is 2. The van der Waals surface area contributed by atoms with Crippen LogP contribution in [0.5, 0.6) is 0 Å². The zero-order valence-corrected chi connectivity index (χ0v) is 18.2. The minimum absolute atomic E-state index is 0.280. The molecular formula is C26H21FN6. The molecule has 0 fully saturated rings. The van der Waals surface area contributed by atoms with Crippen molar-refractivity contribution in [2.24, 2.45) is 0 Å². The maximum atomic E-state index is 13.4. The number of halogens is 1. The molecule has 1 aromatic carbocycles. The molecule has 7 heteroatoms. The Bertz CT molecular complexity index is 1550. The minimum Gasteiger partial charge on any atom is -0.335 e. The van der Waals surface area contributed by atoms with E-state index in [9.17, 15) is 4.39 Å². The van der Waals surface area contributed by atoms with Gasteiger partial charge < -0.3 is 4.98 Å². The molecule has 0 unspecified atom stereocenters. The fourth-order valence-electron chi connectivity index (χ4n) is 3.95. The van der Waals surface area contributed by atoms with Crippen LogP contribution in [-0.2, 0) is 0 Å². The van der Waals surface area contributed by atoms with E-state index in [0.29, 0.717) is 22.7 Å². The minimum atomic E-state index is -0.280. The highest BCUT2D eigenvalue weighted by Crippen LogP contribution is 2.31. The van der Waals surface area contributed by atoms with Gasteiger partial charge in [0, 0.05) is 11.8 Å². The Hall–Kier alpha value is -4.39. The van der Waals surface area contributed by atoms with Crippen LogP contribution in [-0.4, -0.2) is 30.1 Å². The fraction of sp³-hybridized carbons (Fsp3) is 0.0769. The zero-order chi connectivity index (χ0) is 22.9. The number of hydrogen-bond acceptors (Lipinski definition) is 4. The third-order valence-electron chi connectivity index (χ3n) is 5.54. The van der Waals surface area contributed by atoms with Gasteiger partial charge in [0.05, 0.1) is 16.7 Å². The Morgan fingerprint density at radius 1 is 1.06 bits per heavy atom. The van der Waals surface area contributed by atoms with Crippen molar-refractivity contribution < 1.29 is 4.39 Å². The van der Waals surface area contributed by atoms with E-state index in [4.69, 9.17) is 4.98 Å². The maximum absolute atomic E-state index is 13.4. The smallest absolute Gasteiger partial charge is 0.178 e. The second-order valence-electron chi connectivity index (χ2n) is 7.60. The van der Waals surface area contributed by atoms with Crippen molar-refractivity contribution in [3.63, 3.8) is 0 Å². The second kappa shape index (κ2) is 8.27. The van der Waals surface area contributed by atoms with Gasteiger partial charge in [-0.25, -0.2) is 19.3 Å². The molecule has 0 spiro atoms. The van der Waals surface area contributed by atoms with E-state index in [-0.39, 0.29) is 5.82 Å². The van der Waals surface area contributed by atoms with E-state index in [1.54, 1.807) is 24.4 Å². The summed E-state index contributed by atoms with van der Waals surface area (Å²) in [6.45, 7) is 7.80. The fourth-order valence-corrected chi connectivity index (χ4v) is 3.95. The lowest BCUT2D eigenvalue weighted by Gasteiger charge is -2.07. The number of imidazole rings is 1. The van der Waals surface area contributed by atoms with Gasteiger partial charge in [-0.1, -0.05) is 36.9 Å². The molecule has 5 aromatic rings. The summed E-state index contributed by atoms with van der Waals surface area (Å²) in [5.74, 6) is 0.279. The molecule has 4 heterocycles. The molecule has 4 aromatic heterocycles. The number of nitrogens with one attached hydrogen (secondary N) is 2. The van der Waals surface area contributed by atoms with Crippen molar-refractivity contribution in [2.75, 3.05) is 0 Å². The summed E-state index contributed by atoms with van der Waals surface area (Å²) < 4.78 is 13.4. The standard InChI is InChI=1S/C26H21FN6/c1-4-6-15(3)18(5-2)20-11-12-21-23(29-20)24(33-32-21)26-30-22-19(13-14-28-25(22)31-26)16-7-9-17(27)10-8-16/h4-14H,1H2,2-3H3,(H,32,33)(H,28,30,31)/b15-6-,18-5+. The van der Waals surface area contributed by atoms with E-state index in [2.05, 4.69) is 31.7 Å². The first kappa shape index (κ1) is 20.5. The van der Waals surface area contributed by atoms with Crippen molar-refractivity contribution >= 4 is 27.8 Å². The van der Waals surface area contributed by atoms with Crippen LogP contribution in [0.2, 0.25) is 0 Å². The number of allylic oxidation sites excluding steroid dienone is 5. The van der Waals surface area contributed by atoms with Gasteiger partial charge in [-0.2, -0.15) is 5.10 Å². The summed E-state index contributed by atoms with van der Waals surface area (Å²) in [7, 11) is 0. The molecule has 0 amide bonds. The maximum Gasteiger partial charge on any atom is 0.178 e.